The number of hydrogen-bond acceptors (Lipinski definition) is 5. The smallest absolute Gasteiger partial charge is 0.347 e. The van der Waals surface area contributed by atoms with E-state index in [2.05, 4.69) is 4.98 Å². The Morgan fingerprint density at radius 2 is 2.00 bits per heavy atom. The summed E-state index contributed by atoms with van der Waals surface area (Å²) in [5, 5.41) is -0.134. The molecule has 0 aliphatic rings. The molecule has 0 fully saturated rings. The van der Waals surface area contributed by atoms with Gasteiger partial charge in [-0.3, -0.25) is 0 Å². The molecule has 0 spiro atoms. The monoisotopic (exact) mass is 325 g/mol. The zero-order valence-corrected chi connectivity index (χ0v) is 12.7. The number of halogens is 3. The molecular formula is C12H14Cl2FNO4. The normalized spacial score (nSPS) is 12.1. The number of nitrogens with zero attached hydrogens (tertiary/aromatic N) is 1. The Morgan fingerprint density at radius 3 is 2.60 bits per heavy atom. The van der Waals surface area contributed by atoms with Gasteiger partial charge in [0.1, 0.15) is 16.7 Å². The molecule has 1 aromatic rings. The molecule has 8 heteroatoms. The highest BCUT2D eigenvalue weighted by Crippen LogP contribution is 2.32. The number of hydrogen-bond donors (Lipinski definition) is 0. The van der Waals surface area contributed by atoms with Gasteiger partial charge in [0.2, 0.25) is 11.8 Å². The van der Waals surface area contributed by atoms with E-state index in [1.165, 1.54) is 21.0 Å². The summed E-state index contributed by atoms with van der Waals surface area (Å²) in [7, 11) is 1.48. The molecular weight excluding hydrogens is 312 g/mol. The first-order chi connectivity index (χ1) is 9.38. The molecule has 0 aliphatic carbocycles. The fraction of sp³-hybridized carbons (Fsp3) is 0.500. The van der Waals surface area contributed by atoms with Crippen molar-refractivity contribution in [2.75, 3.05) is 20.3 Å². The molecule has 112 valence electrons. The van der Waals surface area contributed by atoms with Crippen molar-refractivity contribution in [3.8, 4) is 5.88 Å². The molecule has 1 rings (SSSR count). The van der Waals surface area contributed by atoms with Gasteiger partial charge in [-0.1, -0.05) is 23.2 Å². The van der Waals surface area contributed by atoms with E-state index >= 15 is 0 Å². The highest BCUT2D eigenvalue weighted by atomic mass is 35.5. The van der Waals surface area contributed by atoms with Crippen LogP contribution in [0.25, 0.3) is 0 Å². The standard InChI is InChI=1S/C12H14Cl2FNO4/c1-6-8(13)10(15)16-11(9(6)14)20-7(2)12(17)19-5-4-18-3/h7H,4-5H2,1-3H3/t7-/m1/s1. The molecule has 0 bridgehead atoms. The molecule has 0 saturated carbocycles. The van der Waals surface area contributed by atoms with E-state index in [0.29, 0.717) is 0 Å². The van der Waals surface area contributed by atoms with Gasteiger partial charge in [0.25, 0.3) is 0 Å². The van der Waals surface area contributed by atoms with Gasteiger partial charge < -0.3 is 14.2 Å². The topological polar surface area (TPSA) is 57.7 Å². The van der Waals surface area contributed by atoms with Crippen LogP contribution in [0.3, 0.4) is 0 Å². The number of carbonyl (C=O) groups excluding carboxylic acids is 1. The van der Waals surface area contributed by atoms with Crippen LogP contribution in [0, 0.1) is 12.9 Å². The van der Waals surface area contributed by atoms with Gasteiger partial charge >= 0.3 is 5.97 Å². The second kappa shape index (κ2) is 7.61. The van der Waals surface area contributed by atoms with Crippen molar-refractivity contribution < 1.29 is 23.4 Å². The second-order valence-electron chi connectivity index (χ2n) is 3.88. The van der Waals surface area contributed by atoms with E-state index in [-0.39, 0.29) is 34.7 Å². The lowest BCUT2D eigenvalue weighted by Gasteiger charge is -2.15. The first-order valence-electron chi connectivity index (χ1n) is 5.71. The molecule has 0 aliphatic heterocycles. The molecule has 20 heavy (non-hydrogen) atoms. The highest BCUT2D eigenvalue weighted by Gasteiger charge is 2.21. The quantitative estimate of drug-likeness (QED) is 0.457. The summed E-state index contributed by atoms with van der Waals surface area (Å²) in [6.07, 6.45) is -0.989. The Kier molecular flexibility index (Phi) is 6.45. The molecule has 0 unspecified atom stereocenters. The predicted molar refractivity (Wildman–Crippen MR) is 71.9 cm³/mol. The summed E-state index contributed by atoms with van der Waals surface area (Å²) in [6.45, 7) is 3.32. The average Bonchev–Trinajstić information content (AvgIpc) is 2.42. The van der Waals surface area contributed by atoms with Gasteiger partial charge in [-0.2, -0.15) is 9.37 Å². The zero-order chi connectivity index (χ0) is 15.3. The number of methoxy groups -OCH3 is 1. The summed E-state index contributed by atoms with van der Waals surface area (Å²) in [6, 6.07) is 0. The lowest BCUT2D eigenvalue weighted by Crippen LogP contribution is -2.27. The highest BCUT2D eigenvalue weighted by molar-refractivity contribution is 6.36. The van der Waals surface area contributed by atoms with Crippen LogP contribution in [0.5, 0.6) is 5.88 Å². The third-order valence-corrected chi connectivity index (χ3v) is 3.26. The molecule has 0 saturated heterocycles. The first kappa shape index (κ1) is 16.9. The molecule has 1 heterocycles. The average molecular weight is 326 g/mol. The van der Waals surface area contributed by atoms with Crippen molar-refractivity contribution in [3.05, 3.63) is 21.6 Å². The maximum atomic E-state index is 13.4. The molecule has 1 atom stereocenters. The fourth-order valence-corrected chi connectivity index (χ4v) is 1.60. The summed E-state index contributed by atoms with van der Waals surface area (Å²) in [5.74, 6) is -1.75. The molecule has 0 radical (unpaired) electrons. The van der Waals surface area contributed by atoms with Crippen LogP contribution < -0.4 is 4.74 Å². The number of rotatable bonds is 6. The molecule has 0 N–H and O–H groups in total. The van der Waals surface area contributed by atoms with Crippen LogP contribution in [0.2, 0.25) is 10.0 Å². The number of esters is 1. The van der Waals surface area contributed by atoms with Gasteiger partial charge in [0.15, 0.2) is 6.10 Å². The zero-order valence-electron chi connectivity index (χ0n) is 11.2. The van der Waals surface area contributed by atoms with E-state index < -0.39 is 18.0 Å². The molecule has 0 aromatic carbocycles. The van der Waals surface area contributed by atoms with Crippen molar-refractivity contribution in [2.24, 2.45) is 0 Å². The summed E-state index contributed by atoms with van der Waals surface area (Å²) >= 11 is 11.6. The molecule has 0 amide bonds. The van der Waals surface area contributed by atoms with Crippen LogP contribution in [0.4, 0.5) is 4.39 Å². The third kappa shape index (κ3) is 4.19. The Labute approximate surface area is 125 Å². The minimum absolute atomic E-state index is 0.0490. The predicted octanol–water partition coefficient (Wildman–Crippen LogP) is 2.79. The van der Waals surface area contributed by atoms with Crippen molar-refractivity contribution in [1.82, 2.24) is 4.98 Å². The molecule has 1 aromatic heterocycles. The van der Waals surface area contributed by atoms with Crippen LogP contribution in [0.15, 0.2) is 0 Å². The van der Waals surface area contributed by atoms with E-state index in [1.807, 2.05) is 0 Å². The third-order valence-electron chi connectivity index (χ3n) is 2.38. The van der Waals surface area contributed by atoms with Gasteiger partial charge in [0, 0.05) is 7.11 Å². The van der Waals surface area contributed by atoms with E-state index in [0.717, 1.165) is 0 Å². The second-order valence-corrected chi connectivity index (χ2v) is 4.64. The summed E-state index contributed by atoms with van der Waals surface area (Å²) in [4.78, 5) is 15.0. The first-order valence-corrected chi connectivity index (χ1v) is 6.47. The van der Waals surface area contributed by atoms with Crippen LogP contribution in [-0.2, 0) is 14.3 Å². The van der Waals surface area contributed by atoms with E-state index in [4.69, 9.17) is 37.4 Å². The van der Waals surface area contributed by atoms with Crippen LogP contribution in [0.1, 0.15) is 12.5 Å². The lowest BCUT2D eigenvalue weighted by molar-refractivity contribution is -0.152. The number of aromatic nitrogens is 1. The number of ether oxygens (including phenoxy) is 3. The van der Waals surface area contributed by atoms with Gasteiger partial charge in [-0.05, 0) is 19.4 Å². The van der Waals surface area contributed by atoms with Gasteiger partial charge in [-0.25, -0.2) is 4.79 Å². The fourth-order valence-electron chi connectivity index (χ4n) is 1.24. The van der Waals surface area contributed by atoms with E-state index in [1.54, 1.807) is 0 Å². The van der Waals surface area contributed by atoms with Crippen molar-refractivity contribution in [2.45, 2.75) is 20.0 Å². The maximum Gasteiger partial charge on any atom is 0.347 e. The lowest BCUT2D eigenvalue weighted by atomic mass is 10.3. The summed E-state index contributed by atoms with van der Waals surface area (Å²) in [5.41, 5.74) is 0.288. The van der Waals surface area contributed by atoms with Crippen LogP contribution in [-0.4, -0.2) is 37.4 Å². The Balaban J connectivity index is 2.76. The van der Waals surface area contributed by atoms with Gasteiger partial charge in [-0.15, -0.1) is 0 Å². The van der Waals surface area contributed by atoms with Crippen molar-refractivity contribution in [1.29, 1.82) is 0 Å². The Morgan fingerprint density at radius 1 is 1.35 bits per heavy atom. The number of carbonyl (C=O) groups is 1. The minimum Gasteiger partial charge on any atom is -0.461 e. The largest absolute Gasteiger partial charge is 0.461 e. The molecule has 5 nitrogen and oxygen atoms in total. The maximum absolute atomic E-state index is 13.4. The SMILES string of the molecule is COCCOC(=O)[C@@H](C)Oc1nc(F)c(Cl)c(C)c1Cl. The van der Waals surface area contributed by atoms with Crippen molar-refractivity contribution >= 4 is 29.2 Å². The number of pyridine rings is 1. The Bertz CT molecular complexity index is 499. The Hall–Kier alpha value is -1.11. The summed E-state index contributed by atoms with van der Waals surface area (Å²) < 4.78 is 28.2. The van der Waals surface area contributed by atoms with Crippen LogP contribution >= 0.6 is 23.2 Å². The van der Waals surface area contributed by atoms with Gasteiger partial charge in [0.05, 0.1) is 6.61 Å². The van der Waals surface area contributed by atoms with Crippen molar-refractivity contribution in [3.63, 3.8) is 0 Å². The minimum atomic E-state index is -0.989. The van der Waals surface area contributed by atoms with E-state index in [9.17, 15) is 9.18 Å².